The first kappa shape index (κ1) is 32.4. The Morgan fingerprint density at radius 3 is 0.971 bits per heavy atom. The Hall–Kier alpha value is -0.660. The number of unbranched alkanes of at least 4 members (excludes halogenated alkanes) is 21. The standard InChI is InChI=1S/C33H66N2/c1-4-7-10-12-14-16-17-18-19-21-23-25-27-30-35-32-31-34(33(35)28-9-6-3)29-26-24-22-20-15-13-11-8-5-2/h31-33H,4-30H2,1-3H3. The number of hydrogen-bond donors (Lipinski definition) is 0. The molecule has 1 aliphatic heterocycles. The van der Waals surface area contributed by atoms with Gasteiger partial charge < -0.3 is 9.80 Å². The molecule has 0 spiro atoms. The third-order valence-corrected chi connectivity index (χ3v) is 8.07. The minimum absolute atomic E-state index is 0.640. The number of hydrogen-bond acceptors (Lipinski definition) is 2. The fourth-order valence-corrected chi connectivity index (χ4v) is 5.64. The zero-order chi connectivity index (χ0) is 25.2. The second kappa shape index (κ2) is 25.0. The summed E-state index contributed by atoms with van der Waals surface area (Å²) in [6, 6.07) is 0. The SMILES string of the molecule is CCCCCCCCCCCCCCCN1C=CN(CCCCCCCCCCC)C1CCCC. The van der Waals surface area contributed by atoms with Crippen molar-refractivity contribution in [3.63, 3.8) is 0 Å². The molecule has 0 aromatic heterocycles. The first-order valence-electron chi connectivity index (χ1n) is 16.5. The summed E-state index contributed by atoms with van der Waals surface area (Å²) in [5.41, 5.74) is 0. The van der Waals surface area contributed by atoms with Gasteiger partial charge in [-0.1, -0.05) is 156 Å². The quantitative estimate of drug-likeness (QED) is 0.106. The molecule has 0 saturated heterocycles. The molecule has 1 aliphatic rings. The zero-order valence-electron chi connectivity index (χ0n) is 24.7. The number of nitrogens with zero attached hydrogens (tertiary/aromatic N) is 2. The van der Waals surface area contributed by atoms with Gasteiger partial charge in [0, 0.05) is 25.5 Å². The fraction of sp³-hybridized carbons (Fsp3) is 0.939. The van der Waals surface area contributed by atoms with Crippen molar-refractivity contribution in [2.75, 3.05) is 13.1 Å². The summed E-state index contributed by atoms with van der Waals surface area (Å²) in [5.74, 6) is 0. The van der Waals surface area contributed by atoms with E-state index in [4.69, 9.17) is 0 Å². The molecular weight excluding hydrogens is 424 g/mol. The molecule has 2 nitrogen and oxygen atoms in total. The van der Waals surface area contributed by atoms with E-state index in [1.54, 1.807) is 0 Å². The van der Waals surface area contributed by atoms with Crippen LogP contribution in [0.4, 0.5) is 0 Å². The smallest absolute Gasteiger partial charge is 0.101 e. The normalized spacial score (nSPS) is 15.6. The summed E-state index contributed by atoms with van der Waals surface area (Å²) in [5, 5.41) is 0. The van der Waals surface area contributed by atoms with Crippen molar-refractivity contribution in [2.45, 2.75) is 187 Å². The second-order valence-electron chi connectivity index (χ2n) is 11.5. The van der Waals surface area contributed by atoms with Crippen LogP contribution < -0.4 is 0 Å². The van der Waals surface area contributed by atoms with Gasteiger partial charge in [-0.05, 0) is 25.7 Å². The topological polar surface area (TPSA) is 6.48 Å². The van der Waals surface area contributed by atoms with Crippen LogP contribution in [0, 0.1) is 0 Å². The molecule has 0 N–H and O–H groups in total. The maximum Gasteiger partial charge on any atom is 0.101 e. The monoisotopic (exact) mass is 491 g/mol. The molecule has 0 aromatic carbocycles. The van der Waals surface area contributed by atoms with Crippen molar-refractivity contribution in [1.29, 1.82) is 0 Å². The van der Waals surface area contributed by atoms with E-state index in [-0.39, 0.29) is 0 Å². The highest BCUT2D eigenvalue weighted by Gasteiger charge is 2.24. The van der Waals surface area contributed by atoms with Gasteiger partial charge >= 0.3 is 0 Å². The molecule has 0 radical (unpaired) electrons. The average Bonchev–Trinajstić information content (AvgIpc) is 3.25. The summed E-state index contributed by atoms with van der Waals surface area (Å²) in [7, 11) is 0. The Kier molecular flexibility index (Phi) is 23.1. The van der Waals surface area contributed by atoms with E-state index in [2.05, 4.69) is 43.0 Å². The molecule has 1 heterocycles. The summed E-state index contributed by atoms with van der Waals surface area (Å²) in [6.07, 6.45) is 41.0. The van der Waals surface area contributed by atoms with E-state index in [9.17, 15) is 0 Å². The minimum atomic E-state index is 0.640. The highest BCUT2D eigenvalue weighted by molar-refractivity contribution is 4.96. The Balaban J connectivity index is 2.05. The predicted octanol–water partition coefficient (Wildman–Crippen LogP) is 11.2. The molecule has 2 heteroatoms. The van der Waals surface area contributed by atoms with Crippen LogP contribution in [-0.4, -0.2) is 29.1 Å². The third-order valence-electron chi connectivity index (χ3n) is 8.07. The summed E-state index contributed by atoms with van der Waals surface area (Å²) < 4.78 is 0. The molecule has 0 bridgehead atoms. The van der Waals surface area contributed by atoms with Gasteiger partial charge in [-0.25, -0.2) is 0 Å². The van der Waals surface area contributed by atoms with E-state index < -0.39 is 0 Å². The molecule has 0 fully saturated rings. The first-order valence-corrected chi connectivity index (χ1v) is 16.5. The van der Waals surface area contributed by atoms with Gasteiger partial charge in [0.25, 0.3) is 0 Å². The van der Waals surface area contributed by atoms with E-state index in [1.807, 2.05) is 0 Å². The van der Waals surface area contributed by atoms with Crippen LogP contribution in [0.2, 0.25) is 0 Å². The Bertz CT molecular complexity index is 446. The van der Waals surface area contributed by atoms with Crippen LogP contribution in [0.15, 0.2) is 12.4 Å². The van der Waals surface area contributed by atoms with Gasteiger partial charge in [0.2, 0.25) is 0 Å². The molecule has 208 valence electrons. The van der Waals surface area contributed by atoms with Gasteiger partial charge in [0.15, 0.2) is 0 Å². The molecule has 0 amide bonds. The molecule has 1 unspecified atom stereocenters. The maximum atomic E-state index is 2.67. The highest BCUT2D eigenvalue weighted by Crippen LogP contribution is 2.23. The van der Waals surface area contributed by atoms with Gasteiger partial charge in [-0.3, -0.25) is 0 Å². The summed E-state index contributed by atoms with van der Waals surface area (Å²) in [4.78, 5) is 5.33. The van der Waals surface area contributed by atoms with Crippen molar-refractivity contribution in [1.82, 2.24) is 9.80 Å². The third kappa shape index (κ3) is 18.3. The van der Waals surface area contributed by atoms with Crippen LogP contribution in [0.25, 0.3) is 0 Å². The van der Waals surface area contributed by atoms with Crippen molar-refractivity contribution in [3.05, 3.63) is 12.4 Å². The van der Waals surface area contributed by atoms with Gasteiger partial charge in [0.05, 0.1) is 0 Å². The highest BCUT2D eigenvalue weighted by atomic mass is 15.4. The Morgan fingerprint density at radius 1 is 0.371 bits per heavy atom. The molecule has 0 saturated carbocycles. The lowest BCUT2D eigenvalue weighted by Gasteiger charge is -2.33. The molecule has 1 rings (SSSR count). The van der Waals surface area contributed by atoms with Crippen LogP contribution in [0.5, 0.6) is 0 Å². The van der Waals surface area contributed by atoms with Crippen molar-refractivity contribution >= 4 is 0 Å². The van der Waals surface area contributed by atoms with E-state index in [0.29, 0.717) is 6.17 Å². The van der Waals surface area contributed by atoms with Crippen molar-refractivity contribution in [2.24, 2.45) is 0 Å². The van der Waals surface area contributed by atoms with Crippen LogP contribution in [-0.2, 0) is 0 Å². The molecule has 0 aliphatic carbocycles. The first-order chi connectivity index (χ1) is 17.3. The predicted molar refractivity (Wildman–Crippen MR) is 159 cm³/mol. The Morgan fingerprint density at radius 2 is 0.657 bits per heavy atom. The largest absolute Gasteiger partial charge is 0.356 e. The maximum absolute atomic E-state index is 2.67. The second-order valence-corrected chi connectivity index (χ2v) is 11.5. The number of rotatable bonds is 27. The lowest BCUT2D eigenvalue weighted by molar-refractivity contribution is 0.136. The van der Waals surface area contributed by atoms with Gasteiger partial charge in [-0.15, -0.1) is 0 Å². The van der Waals surface area contributed by atoms with E-state index in [1.165, 1.54) is 174 Å². The molecule has 0 aromatic rings. The van der Waals surface area contributed by atoms with Crippen LogP contribution in [0.3, 0.4) is 0 Å². The lowest BCUT2D eigenvalue weighted by atomic mass is 10.0. The molecule has 1 atom stereocenters. The van der Waals surface area contributed by atoms with Crippen LogP contribution in [0.1, 0.15) is 181 Å². The van der Waals surface area contributed by atoms with Crippen molar-refractivity contribution < 1.29 is 0 Å². The average molecular weight is 491 g/mol. The van der Waals surface area contributed by atoms with Gasteiger partial charge in [-0.2, -0.15) is 0 Å². The van der Waals surface area contributed by atoms with Gasteiger partial charge in [0.1, 0.15) is 6.17 Å². The van der Waals surface area contributed by atoms with E-state index >= 15 is 0 Å². The zero-order valence-corrected chi connectivity index (χ0v) is 24.7. The molecular formula is C33H66N2. The minimum Gasteiger partial charge on any atom is -0.356 e. The van der Waals surface area contributed by atoms with Crippen LogP contribution >= 0.6 is 0 Å². The van der Waals surface area contributed by atoms with E-state index in [0.717, 1.165) is 0 Å². The summed E-state index contributed by atoms with van der Waals surface area (Å²) in [6.45, 7) is 9.47. The molecule has 35 heavy (non-hydrogen) atoms. The Labute approximate surface area is 222 Å². The lowest BCUT2D eigenvalue weighted by Crippen LogP contribution is -2.39. The van der Waals surface area contributed by atoms with Crippen molar-refractivity contribution in [3.8, 4) is 0 Å². The summed E-state index contributed by atoms with van der Waals surface area (Å²) >= 11 is 0. The fourth-order valence-electron chi connectivity index (χ4n) is 5.64.